The molecule has 0 bridgehead atoms. The van der Waals surface area contributed by atoms with Crippen molar-refractivity contribution in [2.24, 2.45) is 46.3 Å². The first kappa shape index (κ1) is 26.7. The van der Waals surface area contributed by atoms with Crippen molar-refractivity contribution in [3.05, 3.63) is 23.3 Å². The fourth-order valence-electron chi connectivity index (χ4n) is 8.94. The number of allylic oxidation sites excluding steroid dienone is 3. The molecular weight excluding hydrogens is 444 g/mol. The molecule has 0 spiro atoms. The molecular formula is C33H52O3. The zero-order chi connectivity index (χ0) is 25.7. The van der Waals surface area contributed by atoms with Crippen molar-refractivity contribution in [3.63, 3.8) is 0 Å². The molecule has 3 nitrogen and oxygen atoms in total. The maximum absolute atomic E-state index is 13.3. The number of hydrogen-bond donors (Lipinski definition) is 0. The lowest BCUT2D eigenvalue weighted by Crippen LogP contribution is -2.47. The number of ketones is 1. The first-order valence-corrected chi connectivity index (χ1v) is 15.3. The van der Waals surface area contributed by atoms with Gasteiger partial charge in [-0.15, -0.1) is 0 Å². The Bertz CT molecular complexity index is 879. The lowest BCUT2D eigenvalue weighted by atomic mass is 9.50. The summed E-state index contributed by atoms with van der Waals surface area (Å²) in [6, 6.07) is 0. The Balaban J connectivity index is 1.30. The normalized spacial score (nSPS) is 42.0. The van der Waals surface area contributed by atoms with Crippen LogP contribution >= 0.6 is 0 Å². The molecule has 3 heteroatoms. The third-order valence-electron chi connectivity index (χ3n) is 11.9. The molecule has 0 aromatic heterocycles. The maximum Gasteiger partial charge on any atom is 0.157 e. The van der Waals surface area contributed by atoms with Crippen molar-refractivity contribution in [1.29, 1.82) is 0 Å². The summed E-state index contributed by atoms with van der Waals surface area (Å²) in [6.45, 7) is 15.0. The van der Waals surface area contributed by atoms with Gasteiger partial charge in [-0.1, -0.05) is 64.8 Å². The molecule has 5 aliphatic rings. The number of ether oxygens (including phenoxy) is 2. The summed E-state index contributed by atoms with van der Waals surface area (Å²) in [5.74, 6) is 3.62. The topological polar surface area (TPSA) is 35.5 Å². The van der Waals surface area contributed by atoms with Crippen molar-refractivity contribution in [2.45, 2.75) is 125 Å². The van der Waals surface area contributed by atoms with Gasteiger partial charge < -0.3 is 9.47 Å². The molecule has 36 heavy (non-hydrogen) atoms. The largest absolute Gasteiger partial charge is 0.353 e. The Morgan fingerprint density at radius 1 is 1.00 bits per heavy atom. The van der Waals surface area contributed by atoms with Crippen molar-refractivity contribution in [2.75, 3.05) is 6.61 Å². The summed E-state index contributed by atoms with van der Waals surface area (Å²) < 4.78 is 12.3. The van der Waals surface area contributed by atoms with E-state index in [1.54, 1.807) is 11.1 Å². The van der Waals surface area contributed by atoms with Gasteiger partial charge in [-0.25, -0.2) is 0 Å². The van der Waals surface area contributed by atoms with Gasteiger partial charge in [0.2, 0.25) is 0 Å². The number of Topliss-reactive ketones (excluding diaryl/α,β-unsaturated/α-hetero) is 1. The van der Waals surface area contributed by atoms with Gasteiger partial charge in [0.1, 0.15) is 5.78 Å². The van der Waals surface area contributed by atoms with Crippen molar-refractivity contribution in [3.8, 4) is 0 Å². The number of fused-ring (bicyclic) bond motifs is 5. The van der Waals surface area contributed by atoms with Gasteiger partial charge in [0, 0.05) is 18.9 Å². The highest BCUT2D eigenvalue weighted by Gasteiger charge is 2.57. The van der Waals surface area contributed by atoms with E-state index >= 15 is 0 Å². The summed E-state index contributed by atoms with van der Waals surface area (Å²) in [7, 11) is 0. The Morgan fingerprint density at radius 3 is 2.53 bits per heavy atom. The fraction of sp³-hybridized carbons (Fsp3) is 0.848. The van der Waals surface area contributed by atoms with E-state index in [9.17, 15) is 4.79 Å². The van der Waals surface area contributed by atoms with Gasteiger partial charge in [0.15, 0.2) is 6.29 Å². The second-order valence-corrected chi connectivity index (χ2v) is 14.1. The monoisotopic (exact) mass is 496 g/mol. The molecule has 4 fully saturated rings. The second kappa shape index (κ2) is 10.3. The maximum atomic E-state index is 13.3. The van der Waals surface area contributed by atoms with Crippen LogP contribution in [-0.4, -0.2) is 24.8 Å². The van der Waals surface area contributed by atoms with Crippen LogP contribution in [0.4, 0.5) is 0 Å². The first-order chi connectivity index (χ1) is 17.1. The van der Waals surface area contributed by atoms with Crippen molar-refractivity contribution < 1.29 is 14.3 Å². The standard InChI is InChI=1S/C33H52O3/c1-21(2)22(3)19-30(34)23(4)27-12-13-28-26-11-10-24-20-25(36-31-9-7-8-18-35-31)14-16-32(24,5)29(26)15-17-33(27,28)6/h10-11,21-23,25,27-29,31H,7-9,12-20H2,1-6H3/t22-,23-,25-,27?,28?,29?,31?,32-,33+/m0/s1. The van der Waals surface area contributed by atoms with Crippen LogP contribution in [0.5, 0.6) is 0 Å². The summed E-state index contributed by atoms with van der Waals surface area (Å²) in [5, 5.41) is 0. The van der Waals surface area contributed by atoms with Crippen LogP contribution in [0.25, 0.3) is 0 Å². The molecule has 0 amide bonds. The molecule has 202 valence electrons. The molecule has 0 N–H and O–H groups in total. The van der Waals surface area contributed by atoms with E-state index in [1.807, 2.05) is 0 Å². The Hall–Kier alpha value is -0.930. The molecule has 5 rings (SSSR count). The smallest absolute Gasteiger partial charge is 0.157 e. The summed E-state index contributed by atoms with van der Waals surface area (Å²) >= 11 is 0. The molecule has 0 radical (unpaired) electrons. The lowest BCUT2D eigenvalue weighted by Gasteiger charge is -2.55. The minimum Gasteiger partial charge on any atom is -0.353 e. The van der Waals surface area contributed by atoms with Gasteiger partial charge in [-0.3, -0.25) is 4.79 Å². The summed E-state index contributed by atoms with van der Waals surface area (Å²) in [5.41, 5.74) is 3.90. The van der Waals surface area contributed by atoms with E-state index < -0.39 is 0 Å². The average Bonchev–Trinajstić information content (AvgIpc) is 3.21. The van der Waals surface area contributed by atoms with E-state index in [4.69, 9.17) is 9.47 Å². The van der Waals surface area contributed by atoms with E-state index in [-0.39, 0.29) is 23.0 Å². The second-order valence-electron chi connectivity index (χ2n) is 14.1. The molecule has 0 aromatic rings. The van der Waals surface area contributed by atoms with Gasteiger partial charge in [0.05, 0.1) is 6.10 Å². The lowest BCUT2D eigenvalue weighted by molar-refractivity contribution is -0.193. The van der Waals surface area contributed by atoms with Crippen molar-refractivity contribution in [1.82, 2.24) is 0 Å². The van der Waals surface area contributed by atoms with Crippen LogP contribution in [-0.2, 0) is 14.3 Å². The predicted octanol–water partition coefficient (Wildman–Crippen LogP) is 8.28. The first-order valence-electron chi connectivity index (χ1n) is 15.3. The van der Waals surface area contributed by atoms with Crippen LogP contribution in [0.1, 0.15) is 112 Å². The Morgan fingerprint density at radius 2 is 1.81 bits per heavy atom. The zero-order valence-electron chi connectivity index (χ0n) is 24.0. The molecule has 4 unspecified atom stereocenters. The van der Waals surface area contributed by atoms with Crippen LogP contribution in [0, 0.1) is 46.3 Å². The highest BCUT2D eigenvalue weighted by Crippen LogP contribution is 2.66. The Labute approximate surface area is 220 Å². The molecule has 0 aromatic carbocycles. The zero-order valence-corrected chi connectivity index (χ0v) is 24.0. The van der Waals surface area contributed by atoms with E-state index in [0.29, 0.717) is 41.5 Å². The average molecular weight is 497 g/mol. The van der Waals surface area contributed by atoms with Gasteiger partial charge in [0.25, 0.3) is 0 Å². The number of hydrogen-bond acceptors (Lipinski definition) is 3. The van der Waals surface area contributed by atoms with Crippen LogP contribution in [0.15, 0.2) is 23.3 Å². The molecule has 1 saturated heterocycles. The highest BCUT2D eigenvalue weighted by molar-refractivity contribution is 5.81. The Kier molecular flexibility index (Phi) is 7.65. The van der Waals surface area contributed by atoms with Crippen LogP contribution in [0.2, 0.25) is 0 Å². The third-order valence-corrected chi connectivity index (χ3v) is 11.9. The minimum absolute atomic E-state index is 0.0161. The fourth-order valence-corrected chi connectivity index (χ4v) is 8.94. The van der Waals surface area contributed by atoms with E-state index in [1.165, 1.54) is 44.9 Å². The third kappa shape index (κ3) is 4.70. The number of rotatable bonds is 7. The molecule has 4 aliphatic carbocycles. The molecule has 9 atom stereocenters. The van der Waals surface area contributed by atoms with Crippen molar-refractivity contribution >= 4 is 5.78 Å². The molecule has 3 saturated carbocycles. The summed E-state index contributed by atoms with van der Waals surface area (Å²) in [4.78, 5) is 13.3. The minimum atomic E-state index is 0.0161. The molecule has 1 heterocycles. The van der Waals surface area contributed by atoms with Gasteiger partial charge in [-0.2, -0.15) is 0 Å². The quantitative estimate of drug-likeness (QED) is 0.356. The molecule has 1 aliphatic heterocycles. The summed E-state index contributed by atoms with van der Waals surface area (Å²) in [6.07, 6.45) is 18.1. The number of carbonyl (C=O) groups is 1. The van der Waals surface area contributed by atoms with Gasteiger partial charge in [-0.05, 0) is 105 Å². The van der Waals surface area contributed by atoms with Crippen LogP contribution in [0.3, 0.4) is 0 Å². The predicted molar refractivity (Wildman–Crippen MR) is 146 cm³/mol. The van der Waals surface area contributed by atoms with E-state index in [0.717, 1.165) is 32.3 Å². The SMILES string of the molecule is CC(C)[C@@H](C)CC(=O)[C@@H](C)C1CCC2C3=CC=C4C[C@@H](OC5CCCCO5)CC[C@]4(C)C3CC[C@@]21C. The van der Waals surface area contributed by atoms with Crippen LogP contribution < -0.4 is 0 Å². The number of carbonyl (C=O) groups excluding carboxylic acids is 1. The van der Waals surface area contributed by atoms with E-state index in [2.05, 4.69) is 53.7 Å². The van der Waals surface area contributed by atoms with Gasteiger partial charge >= 0.3 is 0 Å². The highest BCUT2D eigenvalue weighted by atomic mass is 16.7.